The minimum absolute atomic E-state index is 0.355. The average molecular weight is 282 g/mol. The lowest BCUT2D eigenvalue weighted by atomic mass is 10.2. The first-order chi connectivity index (χ1) is 8.69. The zero-order valence-electron chi connectivity index (χ0n) is 9.08. The summed E-state index contributed by atoms with van der Waals surface area (Å²) in [6.07, 6.45) is -4.44. The van der Waals surface area contributed by atoms with Crippen LogP contribution in [0.3, 0.4) is 0 Å². The second-order valence-corrected chi connectivity index (χ2v) is 3.12. The van der Waals surface area contributed by atoms with Crippen molar-refractivity contribution in [3.05, 3.63) is 29.3 Å². The second kappa shape index (κ2) is 5.50. The molecule has 0 amide bonds. The number of guanidine groups is 1. The minimum Gasteiger partial charge on any atom is -0.406 e. The van der Waals surface area contributed by atoms with Crippen LogP contribution < -0.4 is 16.2 Å². The van der Waals surface area contributed by atoms with Crippen molar-refractivity contribution < 1.29 is 26.7 Å². The summed E-state index contributed by atoms with van der Waals surface area (Å²) in [5.74, 6) is -4.10. The highest BCUT2D eigenvalue weighted by atomic mass is 19.4. The summed E-state index contributed by atoms with van der Waals surface area (Å²) in [4.78, 5) is 0. The molecule has 0 spiro atoms. The molecule has 0 bridgehead atoms. The summed E-state index contributed by atoms with van der Waals surface area (Å²) in [6.45, 7) is 0. The fourth-order valence-electron chi connectivity index (χ4n) is 1.03. The summed E-state index contributed by atoms with van der Waals surface area (Å²) in [5.41, 5.74) is 9.11. The Bertz CT molecular complexity index is 499. The van der Waals surface area contributed by atoms with E-state index in [1.165, 1.54) is 0 Å². The first kappa shape index (κ1) is 14.7. The maximum Gasteiger partial charge on any atom is 0.573 e. The number of halogens is 5. The standard InChI is InChI=1S/C9H7F5N4O/c10-6-1-4(19-9(12,13)14)2-7(11)5(6)3-17-18-8(15)16/h1-3H,(H4,15,16,18). The van der Waals surface area contributed by atoms with Gasteiger partial charge < -0.3 is 16.2 Å². The quantitative estimate of drug-likeness (QED) is 0.381. The summed E-state index contributed by atoms with van der Waals surface area (Å²) in [7, 11) is 0. The fourth-order valence-corrected chi connectivity index (χ4v) is 1.03. The van der Waals surface area contributed by atoms with Crippen LogP contribution in [0.2, 0.25) is 0 Å². The van der Waals surface area contributed by atoms with E-state index in [2.05, 4.69) is 14.9 Å². The lowest BCUT2D eigenvalue weighted by Gasteiger charge is -2.09. The van der Waals surface area contributed by atoms with Gasteiger partial charge in [0.2, 0.25) is 5.96 Å². The molecule has 0 aromatic heterocycles. The van der Waals surface area contributed by atoms with Crippen molar-refractivity contribution in [2.75, 3.05) is 0 Å². The monoisotopic (exact) mass is 282 g/mol. The van der Waals surface area contributed by atoms with Gasteiger partial charge in [-0.1, -0.05) is 0 Å². The van der Waals surface area contributed by atoms with Crippen LogP contribution in [0.4, 0.5) is 22.0 Å². The SMILES string of the molecule is NC(N)=NN=Cc1c(F)cc(OC(F)(F)F)cc1F. The van der Waals surface area contributed by atoms with Gasteiger partial charge in [-0.15, -0.1) is 18.3 Å². The summed E-state index contributed by atoms with van der Waals surface area (Å²) in [5, 5.41) is 6.22. The molecule has 19 heavy (non-hydrogen) atoms. The summed E-state index contributed by atoms with van der Waals surface area (Å²) >= 11 is 0. The van der Waals surface area contributed by atoms with E-state index in [0.717, 1.165) is 0 Å². The van der Waals surface area contributed by atoms with Crippen molar-refractivity contribution in [3.8, 4) is 5.75 Å². The molecule has 0 saturated heterocycles. The van der Waals surface area contributed by atoms with Crippen LogP contribution in [0.5, 0.6) is 5.75 Å². The van der Waals surface area contributed by atoms with Crippen LogP contribution >= 0.6 is 0 Å². The number of hydrogen-bond acceptors (Lipinski definition) is 3. The summed E-state index contributed by atoms with van der Waals surface area (Å²) in [6, 6.07) is 0.709. The molecule has 5 nitrogen and oxygen atoms in total. The van der Waals surface area contributed by atoms with Crippen LogP contribution in [0.25, 0.3) is 0 Å². The lowest BCUT2D eigenvalue weighted by molar-refractivity contribution is -0.274. The van der Waals surface area contributed by atoms with E-state index >= 15 is 0 Å². The Labute approximate surface area is 103 Å². The van der Waals surface area contributed by atoms with E-state index in [-0.39, 0.29) is 0 Å². The highest BCUT2D eigenvalue weighted by Crippen LogP contribution is 2.25. The van der Waals surface area contributed by atoms with Crippen molar-refractivity contribution in [1.82, 2.24) is 0 Å². The first-order valence-corrected chi connectivity index (χ1v) is 4.56. The molecule has 0 aliphatic rings. The number of nitrogens with two attached hydrogens (primary N) is 2. The van der Waals surface area contributed by atoms with Crippen molar-refractivity contribution in [3.63, 3.8) is 0 Å². The first-order valence-electron chi connectivity index (χ1n) is 4.56. The molecule has 1 aromatic rings. The Morgan fingerprint density at radius 2 is 1.68 bits per heavy atom. The van der Waals surface area contributed by atoms with E-state index in [9.17, 15) is 22.0 Å². The van der Waals surface area contributed by atoms with Gasteiger partial charge in [0.05, 0.1) is 11.8 Å². The molecule has 0 fully saturated rings. The van der Waals surface area contributed by atoms with Crippen LogP contribution in [-0.4, -0.2) is 18.5 Å². The number of alkyl halides is 3. The molecule has 0 unspecified atom stereocenters. The van der Waals surface area contributed by atoms with Crippen LogP contribution in [0.15, 0.2) is 22.3 Å². The van der Waals surface area contributed by atoms with Gasteiger partial charge in [-0.3, -0.25) is 0 Å². The number of benzene rings is 1. The van der Waals surface area contributed by atoms with Crippen LogP contribution in [0.1, 0.15) is 5.56 Å². The summed E-state index contributed by atoms with van der Waals surface area (Å²) < 4.78 is 65.6. The fraction of sp³-hybridized carbons (Fsp3) is 0.111. The van der Waals surface area contributed by atoms with Gasteiger partial charge in [0.1, 0.15) is 17.4 Å². The van der Waals surface area contributed by atoms with Crippen LogP contribution in [0, 0.1) is 11.6 Å². The van der Waals surface area contributed by atoms with Crippen LogP contribution in [-0.2, 0) is 0 Å². The van der Waals surface area contributed by atoms with E-state index in [1.807, 2.05) is 0 Å². The van der Waals surface area contributed by atoms with E-state index in [0.29, 0.717) is 18.3 Å². The molecule has 10 heteroatoms. The van der Waals surface area contributed by atoms with Crippen molar-refractivity contribution >= 4 is 12.2 Å². The van der Waals surface area contributed by atoms with Gasteiger partial charge in [0.25, 0.3) is 0 Å². The Balaban J connectivity index is 3.04. The third kappa shape index (κ3) is 4.77. The maximum absolute atomic E-state index is 13.3. The van der Waals surface area contributed by atoms with Crippen molar-refractivity contribution in [2.24, 2.45) is 21.7 Å². The van der Waals surface area contributed by atoms with Gasteiger partial charge in [0, 0.05) is 12.1 Å². The Kier molecular flexibility index (Phi) is 4.25. The Morgan fingerprint density at radius 3 is 2.11 bits per heavy atom. The van der Waals surface area contributed by atoms with E-state index < -0.39 is 35.3 Å². The molecule has 0 heterocycles. The molecular weight excluding hydrogens is 275 g/mol. The lowest BCUT2D eigenvalue weighted by Crippen LogP contribution is -2.21. The highest BCUT2D eigenvalue weighted by molar-refractivity contribution is 5.82. The Hall–Kier alpha value is -2.39. The van der Waals surface area contributed by atoms with Crippen molar-refractivity contribution in [2.45, 2.75) is 6.36 Å². The zero-order valence-corrected chi connectivity index (χ0v) is 9.08. The smallest absolute Gasteiger partial charge is 0.406 e. The van der Waals surface area contributed by atoms with Crippen molar-refractivity contribution in [1.29, 1.82) is 0 Å². The molecule has 0 aliphatic carbocycles. The van der Waals surface area contributed by atoms with E-state index in [4.69, 9.17) is 11.5 Å². The third-order valence-corrected chi connectivity index (χ3v) is 1.65. The topological polar surface area (TPSA) is 86.0 Å². The highest BCUT2D eigenvalue weighted by Gasteiger charge is 2.31. The minimum atomic E-state index is -5.05. The average Bonchev–Trinajstić information content (AvgIpc) is 2.19. The largest absolute Gasteiger partial charge is 0.573 e. The number of rotatable bonds is 3. The number of nitrogens with zero attached hydrogens (tertiary/aromatic N) is 2. The van der Waals surface area contributed by atoms with E-state index in [1.54, 1.807) is 0 Å². The van der Waals surface area contributed by atoms with Gasteiger partial charge in [-0.05, 0) is 0 Å². The predicted octanol–water partition coefficient (Wildman–Crippen LogP) is 1.47. The van der Waals surface area contributed by atoms with Gasteiger partial charge in [0.15, 0.2) is 0 Å². The Morgan fingerprint density at radius 1 is 1.16 bits per heavy atom. The molecule has 1 aromatic carbocycles. The zero-order chi connectivity index (χ0) is 14.6. The second-order valence-electron chi connectivity index (χ2n) is 3.12. The molecule has 0 radical (unpaired) electrons. The normalized spacial score (nSPS) is 11.6. The maximum atomic E-state index is 13.3. The molecule has 0 atom stereocenters. The van der Waals surface area contributed by atoms with Gasteiger partial charge >= 0.3 is 6.36 Å². The van der Waals surface area contributed by atoms with Gasteiger partial charge in [-0.2, -0.15) is 5.10 Å². The van der Waals surface area contributed by atoms with Gasteiger partial charge in [-0.25, -0.2) is 8.78 Å². The molecule has 104 valence electrons. The predicted molar refractivity (Wildman–Crippen MR) is 56.4 cm³/mol. The molecule has 1 rings (SSSR count). The third-order valence-electron chi connectivity index (χ3n) is 1.65. The number of ether oxygens (including phenoxy) is 1. The molecule has 0 aliphatic heterocycles. The molecular formula is C9H7F5N4O. The number of hydrogen-bond donors (Lipinski definition) is 2. The molecule has 4 N–H and O–H groups in total. The molecule has 0 saturated carbocycles.